The number of carbonyl (C=O) groups excluding carboxylic acids is 1. The quantitative estimate of drug-likeness (QED) is 0.745. The summed E-state index contributed by atoms with van der Waals surface area (Å²) in [6.07, 6.45) is 3.89. The number of hydrogen-bond acceptors (Lipinski definition) is 4. The van der Waals surface area contributed by atoms with E-state index in [0.29, 0.717) is 6.54 Å². The fraction of sp³-hybridized carbons (Fsp3) is 0.273. The van der Waals surface area contributed by atoms with Gasteiger partial charge in [0.1, 0.15) is 0 Å². The number of nitrogens with one attached hydrogen (secondary N) is 1. The second kappa shape index (κ2) is 8.27. The predicted molar refractivity (Wildman–Crippen MR) is 111 cm³/mol. The Balaban J connectivity index is 1.34. The first kappa shape index (κ1) is 18.3. The van der Waals surface area contributed by atoms with Gasteiger partial charge in [0.25, 0.3) is 5.91 Å². The normalized spacial score (nSPS) is 14.8. The van der Waals surface area contributed by atoms with Crippen molar-refractivity contribution in [3.63, 3.8) is 0 Å². The Morgan fingerprint density at radius 3 is 2.43 bits per heavy atom. The van der Waals surface area contributed by atoms with Gasteiger partial charge < -0.3 is 15.1 Å². The molecule has 1 aliphatic heterocycles. The number of piperazine rings is 1. The van der Waals surface area contributed by atoms with E-state index in [-0.39, 0.29) is 5.91 Å². The Morgan fingerprint density at radius 2 is 1.71 bits per heavy atom. The van der Waals surface area contributed by atoms with Crippen LogP contribution in [0.15, 0.2) is 67.0 Å². The highest BCUT2D eigenvalue weighted by Crippen LogP contribution is 2.15. The monoisotopic (exact) mass is 375 g/mol. The third-order valence-corrected chi connectivity index (χ3v) is 5.08. The molecule has 1 aliphatic rings. The minimum absolute atomic E-state index is 0.115. The number of aromatic nitrogens is 2. The molecule has 0 saturated carbocycles. The van der Waals surface area contributed by atoms with Crippen molar-refractivity contribution < 1.29 is 4.79 Å². The number of anilines is 1. The standard InChI is InChI=1S/C22H25N5O/c1-25-11-13-26(14-12-25)22(28)19-7-9-20(10-8-19)23-15-18-16-24-27(17-18)21-5-3-2-4-6-21/h2-10,16-17,23H,11-15H2,1H3. The molecule has 6 heteroatoms. The van der Waals surface area contributed by atoms with Gasteiger partial charge in [-0.2, -0.15) is 5.10 Å². The molecule has 0 bridgehead atoms. The van der Waals surface area contributed by atoms with Crippen LogP contribution in [0, 0.1) is 0 Å². The molecule has 0 unspecified atom stereocenters. The second-order valence-corrected chi connectivity index (χ2v) is 7.16. The average molecular weight is 375 g/mol. The zero-order chi connectivity index (χ0) is 19.3. The van der Waals surface area contributed by atoms with Crippen LogP contribution in [0.4, 0.5) is 5.69 Å². The van der Waals surface area contributed by atoms with Gasteiger partial charge in [-0.1, -0.05) is 18.2 Å². The number of nitrogens with zero attached hydrogens (tertiary/aromatic N) is 4. The maximum atomic E-state index is 12.6. The highest BCUT2D eigenvalue weighted by atomic mass is 16.2. The molecular formula is C22H25N5O. The number of amides is 1. The Morgan fingerprint density at radius 1 is 1.00 bits per heavy atom. The molecule has 0 atom stereocenters. The molecular weight excluding hydrogens is 350 g/mol. The summed E-state index contributed by atoms with van der Waals surface area (Å²) in [5, 5.41) is 7.81. The summed E-state index contributed by atoms with van der Waals surface area (Å²) in [6, 6.07) is 17.8. The van der Waals surface area contributed by atoms with Gasteiger partial charge in [-0.15, -0.1) is 0 Å². The van der Waals surface area contributed by atoms with Gasteiger partial charge in [0.2, 0.25) is 0 Å². The summed E-state index contributed by atoms with van der Waals surface area (Å²) < 4.78 is 1.87. The highest BCUT2D eigenvalue weighted by molar-refractivity contribution is 5.94. The number of benzene rings is 2. The Labute approximate surface area is 165 Å². The first-order valence-electron chi connectivity index (χ1n) is 9.60. The molecule has 1 N–H and O–H groups in total. The number of rotatable bonds is 5. The van der Waals surface area contributed by atoms with E-state index >= 15 is 0 Å². The summed E-state index contributed by atoms with van der Waals surface area (Å²) in [6.45, 7) is 4.13. The van der Waals surface area contributed by atoms with Crippen LogP contribution < -0.4 is 5.32 Å². The van der Waals surface area contributed by atoms with Crippen molar-refractivity contribution >= 4 is 11.6 Å². The lowest BCUT2D eigenvalue weighted by molar-refractivity contribution is 0.0664. The van der Waals surface area contributed by atoms with Gasteiger partial charge in [-0.3, -0.25) is 4.79 Å². The van der Waals surface area contributed by atoms with Crippen molar-refractivity contribution in [2.75, 3.05) is 38.5 Å². The van der Waals surface area contributed by atoms with Crippen LogP contribution in [-0.4, -0.2) is 58.7 Å². The molecule has 1 saturated heterocycles. The van der Waals surface area contributed by atoms with Gasteiger partial charge in [0.05, 0.1) is 11.9 Å². The zero-order valence-electron chi connectivity index (χ0n) is 16.1. The SMILES string of the molecule is CN1CCN(C(=O)c2ccc(NCc3cnn(-c4ccccc4)c3)cc2)CC1. The maximum absolute atomic E-state index is 12.6. The largest absolute Gasteiger partial charge is 0.381 e. The van der Waals surface area contributed by atoms with Crippen LogP contribution in [-0.2, 0) is 6.54 Å². The van der Waals surface area contributed by atoms with Crippen molar-refractivity contribution in [1.29, 1.82) is 0 Å². The van der Waals surface area contributed by atoms with Crippen molar-refractivity contribution in [3.05, 3.63) is 78.1 Å². The summed E-state index contributed by atoms with van der Waals surface area (Å²) in [5.74, 6) is 0.115. The molecule has 0 spiro atoms. The van der Waals surface area contributed by atoms with E-state index in [1.165, 1.54) is 0 Å². The van der Waals surface area contributed by atoms with Gasteiger partial charge in [-0.25, -0.2) is 4.68 Å². The summed E-state index contributed by atoms with van der Waals surface area (Å²) >= 11 is 0. The van der Waals surface area contributed by atoms with Crippen molar-refractivity contribution in [1.82, 2.24) is 19.6 Å². The van der Waals surface area contributed by atoms with Gasteiger partial charge in [-0.05, 0) is 43.4 Å². The molecule has 6 nitrogen and oxygen atoms in total. The van der Waals surface area contributed by atoms with E-state index in [1.807, 2.05) is 76.6 Å². The van der Waals surface area contributed by atoms with Crippen molar-refractivity contribution in [2.24, 2.45) is 0 Å². The molecule has 1 aromatic heterocycles. The lowest BCUT2D eigenvalue weighted by Crippen LogP contribution is -2.47. The Kier molecular flexibility index (Phi) is 5.39. The lowest BCUT2D eigenvalue weighted by Gasteiger charge is -2.32. The zero-order valence-corrected chi connectivity index (χ0v) is 16.1. The fourth-order valence-electron chi connectivity index (χ4n) is 3.30. The molecule has 3 aromatic rings. The van der Waals surface area contributed by atoms with Crippen LogP contribution in [0.1, 0.15) is 15.9 Å². The van der Waals surface area contributed by atoms with E-state index in [2.05, 4.69) is 22.4 Å². The molecule has 4 rings (SSSR count). The van der Waals surface area contributed by atoms with E-state index < -0.39 is 0 Å². The number of para-hydroxylation sites is 1. The molecule has 2 heterocycles. The number of carbonyl (C=O) groups is 1. The summed E-state index contributed by atoms with van der Waals surface area (Å²) in [5.41, 5.74) is 3.87. The molecule has 0 radical (unpaired) electrons. The van der Waals surface area contributed by atoms with Gasteiger partial charge in [0, 0.05) is 55.7 Å². The smallest absolute Gasteiger partial charge is 0.253 e. The summed E-state index contributed by atoms with van der Waals surface area (Å²) in [4.78, 5) is 16.8. The molecule has 28 heavy (non-hydrogen) atoms. The number of hydrogen-bond donors (Lipinski definition) is 1. The summed E-state index contributed by atoms with van der Waals surface area (Å²) in [7, 11) is 2.09. The molecule has 1 fully saturated rings. The topological polar surface area (TPSA) is 53.4 Å². The van der Waals surface area contributed by atoms with E-state index in [1.54, 1.807) is 0 Å². The Hall–Kier alpha value is -3.12. The first-order chi connectivity index (χ1) is 13.7. The lowest BCUT2D eigenvalue weighted by atomic mass is 10.1. The molecule has 0 aliphatic carbocycles. The van der Waals surface area contributed by atoms with Crippen LogP contribution >= 0.6 is 0 Å². The highest BCUT2D eigenvalue weighted by Gasteiger charge is 2.20. The van der Waals surface area contributed by atoms with E-state index in [0.717, 1.165) is 48.7 Å². The minimum atomic E-state index is 0.115. The van der Waals surface area contributed by atoms with Crippen LogP contribution in [0.3, 0.4) is 0 Å². The Bertz CT molecular complexity index is 912. The van der Waals surface area contributed by atoms with Gasteiger partial charge in [0.15, 0.2) is 0 Å². The first-order valence-corrected chi connectivity index (χ1v) is 9.60. The average Bonchev–Trinajstić information content (AvgIpc) is 3.22. The molecule has 2 aromatic carbocycles. The van der Waals surface area contributed by atoms with Crippen molar-refractivity contribution in [2.45, 2.75) is 6.54 Å². The third kappa shape index (κ3) is 4.23. The second-order valence-electron chi connectivity index (χ2n) is 7.16. The number of likely N-dealkylation sites (N-methyl/N-ethyl adjacent to an activating group) is 1. The van der Waals surface area contributed by atoms with Gasteiger partial charge >= 0.3 is 0 Å². The third-order valence-electron chi connectivity index (χ3n) is 5.08. The van der Waals surface area contributed by atoms with Crippen LogP contribution in [0.2, 0.25) is 0 Å². The fourth-order valence-corrected chi connectivity index (χ4v) is 3.30. The molecule has 144 valence electrons. The maximum Gasteiger partial charge on any atom is 0.253 e. The predicted octanol–water partition coefficient (Wildman–Crippen LogP) is 2.87. The molecule has 1 amide bonds. The van der Waals surface area contributed by atoms with E-state index in [9.17, 15) is 4.79 Å². The van der Waals surface area contributed by atoms with Crippen LogP contribution in [0.5, 0.6) is 0 Å². The minimum Gasteiger partial charge on any atom is -0.381 e. The van der Waals surface area contributed by atoms with Crippen LogP contribution in [0.25, 0.3) is 5.69 Å². The van der Waals surface area contributed by atoms with E-state index in [4.69, 9.17) is 0 Å². The van der Waals surface area contributed by atoms with Crippen molar-refractivity contribution in [3.8, 4) is 5.69 Å².